The van der Waals surface area contributed by atoms with Crippen molar-refractivity contribution in [1.82, 2.24) is 0 Å². The minimum atomic E-state index is 1.03. The zero-order chi connectivity index (χ0) is 15.8. The summed E-state index contributed by atoms with van der Waals surface area (Å²) in [6, 6.07) is 21.9. The molecule has 0 spiro atoms. The predicted octanol–water partition coefficient (Wildman–Crippen LogP) is 6.21. The Balaban J connectivity index is 1.94. The van der Waals surface area contributed by atoms with E-state index in [0.29, 0.717) is 0 Å². The first kappa shape index (κ1) is 14.0. The lowest BCUT2D eigenvalue weighted by molar-refractivity contribution is 1.30. The maximum atomic E-state index is 2.30. The standard InChI is InChI=1S/C23H20/c1-16-8-3-5-10-18(16)22-14-15-23(21-13-7-12-20(21)22)19-11-6-4-9-17(19)2/h3-12,14-15H,13H2,1-2H3. The highest BCUT2D eigenvalue weighted by atomic mass is 14.2. The lowest BCUT2D eigenvalue weighted by atomic mass is 9.88. The van der Waals surface area contributed by atoms with Crippen molar-refractivity contribution < 1.29 is 0 Å². The van der Waals surface area contributed by atoms with Crippen LogP contribution in [0.2, 0.25) is 0 Å². The van der Waals surface area contributed by atoms with Crippen molar-refractivity contribution in [1.29, 1.82) is 0 Å². The summed E-state index contributed by atoms with van der Waals surface area (Å²) in [5.74, 6) is 0. The zero-order valence-corrected chi connectivity index (χ0v) is 13.6. The van der Waals surface area contributed by atoms with Crippen LogP contribution in [0.1, 0.15) is 22.3 Å². The van der Waals surface area contributed by atoms with E-state index in [4.69, 9.17) is 0 Å². The number of fused-ring (bicyclic) bond motifs is 1. The molecule has 23 heavy (non-hydrogen) atoms. The quantitative estimate of drug-likeness (QED) is 0.527. The Hall–Kier alpha value is -2.60. The minimum Gasteiger partial charge on any atom is -0.0795 e. The maximum Gasteiger partial charge on any atom is -0.00818 e. The van der Waals surface area contributed by atoms with E-state index >= 15 is 0 Å². The van der Waals surface area contributed by atoms with Crippen LogP contribution in [-0.4, -0.2) is 0 Å². The topological polar surface area (TPSA) is 0 Å². The Morgan fingerprint density at radius 2 is 1.17 bits per heavy atom. The molecule has 0 aliphatic heterocycles. The largest absolute Gasteiger partial charge is 0.0795 e. The van der Waals surface area contributed by atoms with Gasteiger partial charge in [-0.25, -0.2) is 0 Å². The van der Waals surface area contributed by atoms with Crippen LogP contribution in [0.3, 0.4) is 0 Å². The number of rotatable bonds is 2. The van der Waals surface area contributed by atoms with Crippen LogP contribution in [0.4, 0.5) is 0 Å². The van der Waals surface area contributed by atoms with E-state index in [1.807, 2.05) is 0 Å². The van der Waals surface area contributed by atoms with Crippen LogP contribution in [0, 0.1) is 13.8 Å². The summed E-state index contributed by atoms with van der Waals surface area (Å²) in [5.41, 5.74) is 10.9. The molecule has 0 unspecified atom stereocenters. The smallest absolute Gasteiger partial charge is 0.00818 e. The van der Waals surface area contributed by atoms with Gasteiger partial charge < -0.3 is 0 Å². The van der Waals surface area contributed by atoms with Crippen LogP contribution in [-0.2, 0) is 6.42 Å². The second-order valence-electron chi connectivity index (χ2n) is 6.29. The minimum absolute atomic E-state index is 1.03. The van der Waals surface area contributed by atoms with E-state index in [1.165, 1.54) is 44.5 Å². The second kappa shape index (κ2) is 5.55. The molecule has 4 rings (SSSR count). The molecule has 0 N–H and O–H groups in total. The molecule has 0 nitrogen and oxygen atoms in total. The molecule has 0 radical (unpaired) electrons. The van der Waals surface area contributed by atoms with Gasteiger partial charge in [0.1, 0.15) is 0 Å². The molecule has 0 heteroatoms. The molecule has 1 aliphatic carbocycles. The molecule has 0 saturated carbocycles. The van der Waals surface area contributed by atoms with Gasteiger partial charge in [0.2, 0.25) is 0 Å². The molecule has 0 aromatic heterocycles. The summed E-state index contributed by atoms with van der Waals surface area (Å²) < 4.78 is 0. The van der Waals surface area contributed by atoms with Gasteiger partial charge in [0.25, 0.3) is 0 Å². The van der Waals surface area contributed by atoms with Crippen molar-refractivity contribution in [2.45, 2.75) is 20.3 Å². The summed E-state index contributed by atoms with van der Waals surface area (Å²) in [4.78, 5) is 0. The first-order valence-corrected chi connectivity index (χ1v) is 8.20. The molecule has 0 amide bonds. The first-order chi connectivity index (χ1) is 11.3. The molecule has 1 aliphatic rings. The van der Waals surface area contributed by atoms with Crippen LogP contribution in [0.25, 0.3) is 28.3 Å². The summed E-state index contributed by atoms with van der Waals surface area (Å²) in [5, 5.41) is 0. The van der Waals surface area contributed by atoms with Gasteiger partial charge in [-0.15, -0.1) is 0 Å². The lowest BCUT2D eigenvalue weighted by Gasteiger charge is -2.16. The molecule has 0 saturated heterocycles. The van der Waals surface area contributed by atoms with Crippen LogP contribution in [0.5, 0.6) is 0 Å². The zero-order valence-electron chi connectivity index (χ0n) is 13.6. The van der Waals surface area contributed by atoms with E-state index in [9.17, 15) is 0 Å². The molecule has 0 atom stereocenters. The van der Waals surface area contributed by atoms with Gasteiger partial charge in [0, 0.05) is 0 Å². The Labute approximate surface area is 138 Å². The molecule has 3 aromatic carbocycles. The van der Waals surface area contributed by atoms with Gasteiger partial charge in [-0.2, -0.15) is 0 Å². The molecule has 3 aromatic rings. The number of hydrogen-bond donors (Lipinski definition) is 0. The van der Waals surface area contributed by atoms with E-state index < -0.39 is 0 Å². The predicted molar refractivity (Wildman–Crippen MR) is 99.5 cm³/mol. The van der Waals surface area contributed by atoms with Crippen LogP contribution in [0.15, 0.2) is 66.7 Å². The Kier molecular flexibility index (Phi) is 3.38. The van der Waals surface area contributed by atoms with Crippen molar-refractivity contribution in [3.8, 4) is 22.3 Å². The van der Waals surface area contributed by atoms with Crippen molar-refractivity contribution in [3.63, 3.8) is 0 Å². The van der Waals surface area contributed by atoms with E-state index in [-0.39, 0.29) is 0 Å². The molecular weight excluding hydrogens is 276 g/mol. The first-order valence-electron chi connectivity index (χ1n) is 8.20. The average Bonchev–Trinajstić information content (AvgIpc) is 3.05. The second-order valence-corrected chi connectivity index (χ2v) is 6.29. The molecule has 0 heterocycles. The highest BCUT2D eigenvalue weighted by molar-refractivity contribution is 5.87. The summed E-state index contributed by atoms with van der Waals surface area (Å²) in [7, 11) is 0. The van der Waals surface area contributed by atoms with Crippen molar-refractivity contribution in [2.75, 3.05) is 0 Å². The summed E-state index contributed by atoms with van der Waals surface area (Å²) in [6.45, 7) is 4.38. The third kappa shape index (κ3) is 2.31. The fourth-order valence-corrected chi connectivity index (χ4v) is 3.61. The third-order valence-corrected chi connectivity index (χ3v) is 4.83. The molecule has 0 bridgehead atoms. The monoisotopic (exact) mass is 296 g/mol. The van der Waals surface area contributed by atoms with E-state index in [1.54, 1.807) is 0 Å². The van der Waals surface area contributed by atoms with Gasteiger partial charge in [0.05, 0.1) is 0 Å². The number of aryl methyl sites for hydroxylation is 2. The normalized spacial score (nSPS) is 12.4. The number of hydrogen-bond acceptors (Lipinski definition) is 0. The molecule has 112 valence electrons. The van der Waals surface area contributed by atoms with Crippen molar-refractivity contribution >= 4 is 6.08 Å². The Morgan fingerprint density at radius 3 is 1.83 bits per heavy atom. The highest BCUT2D eigenvalue weighted by Crippen LogP contribution is 2.39. The van der Waals surface area contributed by atoms with Gasteiger partial charge in [-0.05, 0) is 64.8 Å². The van der Waals surface area contributed by atoms with E-state index in [0.717, 1.165) is 6.42 Å². The van der Waals surface area contributed by atoms with Gasteiger partial charge >= 0.3 is 0 Å². The average molecular weight is 296 g/mol. The van der Waals surface area contributed by atoms with Crippen molar-refractivity contribution in [2.24, 2.45) is 0 Å². The Bertz CT molecular complexity index is 913. The summed E-state index contributed by atoms with van der Waals surface area (Å²) in [6.07, 6.45) is 5.60. The van der Waals surface area contributed by atoms with Gasteiger partial charge in [-0.1, -0.05) is 72.8 Å². The van der Waals surface area contributed by atoms with Crippen molar-refractivity contribution in [3.05, 3.63) is 89.0 Å². The van der Waals surface area contributed by atoms with Crippen LogP contribution >= 0.6 is 0 Å². The lowest BCUT2D eigenvalue weighted by Crippen LogP contribution is -1.94. The maximum absolute atomic E-state index is 2.30. The van der Waals surface area contributed by atoms with Gasteiger partial charge in [-0.3, -0.25) is 0 Å². The number of benzene rings is 3. The SMILES string of the molecule is Cc1ccccc1-c1ccc(-c2ccccc2C)c2c1C=CC2. The molecular formula is C23H20. The highest BCUT2D eigenvalue weighted by Gasteiger charge is 2.17. The van der Waals surface area contributed by atoms with Crippen LogP contribution < -0.4 is 0 Å². The fraction of sp³-hybridized carbons (Fsp3) is 0.130. The Morgan fingerprint density at radius 1 is 0.609 bits per heavy atom. The summed E-state index contributed by atoms with van der Waals surface area (Å²) >= 11 is 0. The van der Waals surface area contributed by atoms with Gasteiger partial charge in [0.15, 0.2) is 0 Å². The number of allylic oxidation sites excluding steroid dienone is 1. The van der Waals surface area contributed by atoms with E-state index in [2.05, 4.69) is 86.7 Å². The third-order valence-electron chi connectivity index (χ3n) is 4.83. The fourth-order valence-electron chi connectivity index (χ4n) is 3.61. The molecule has 0 fully saturated rings.